The van der Waals surface area contributed by atoms with Gasteiger partial charge in [0.2, 0.25) is 0 Å². The average molecular weight is 611 g/mol. The van der Waals surface area contributed by atoms with Crippen molar-refractivity contribution in [1.82, 2.24) is 0 Å². The molecule has 0 saturated heterocycles. The smallest absolute Gasteiger partial charge is 0.412 e. The van der Waals surface area contributed by atoms with Crippen molar-refractivity contribution in [3.8, 4) is 0 Å². The molecular formula is H12Cl3O18Tl. The molecule has 0 fully saturated rings. The molecule has 22 heavy (non-hydrogen) atoms. The summed E-state index contributed by atoms with van der Waals surface area (Å²) < 4.78 is 102. The largest absolute Gasteiger partial charge is 3.00 e. The first-order valence-corrected chi connectivity index (χ1v) is 5.55. The van der Waals surface area contributed by atoms with Crippen molar-refractivity contribution in [2.45, 2.75) is 0 Å². The summed E-state index contributed by atoms with van der Waals surface area (Å²) in [5, 5.41) is 0. The predicted octanol–water partition coefficient (Wildman–Crippen LogP) is -19.6. The Balaban J connectivity index is -0.0000000106. The second-order valence-electron chi connectivity index (χ2n) is 1.13. The third-order valence-corrected chi connectivity index (χ3v) is 0. The number of halogens is 3. The first-order valence-electron chi connectivity index (χ1n) is 1.85. The molecule has 0 aliphatic heterocycles. The van der Waals surface area contributed by atoms with Crippen LogP contribution < -0.4 is 55.9 Å². The third-order valence-electron chi connectivity index (χ3n) is 0. The zero-order valence-corrected chi connectivity index (χ0v) is 16.4. The molecule has 22 heteroatoms. The molecule has 0 saturated carbocycles. The van der Waals surface area contributed by atoms with Gasteiger partial charge in [-0.05, 0) is 0 Å². The van der Waals surface area contributed by atoms with Gasteiger partial charge in [0.1, 0.15) is 0 Å². The van der Waals surface area contributed by atoms with Crippen molar-refractivity contribution in [3.63, 3.8) is 0 Å². The molecular weight excluding hydrogens is 599 g/mol. The fraction of sp³-hybridized carbons (Fsp3) is 0. The SMILES string of the molecule is O.O.O.O.O.O.[O-][Cl+3]([O-])([O-])[O-].[O-][Cl+3]([O-])([O-])[O-].[O-][Cl+3]([O-])([O-])[O-].[Tl+3]. The zero-order chi connectivity index (χ0) is 13.5. The third kappa shape index (κ3) is 7390. The van der Waals surface area contributed by atoms with E-state index in [1.807, 2.05) is 0 Å². The molecule has 144 valence electrons. The van der Waals surface area contributed by atoms with E-state index in [9.17, 15) is 0 Å². The second kappa shape index (κ2) is 26.9. The summed E-state index contributed by atoms with van der Waals surface area (Å²) in [7, 11) is -14.8. The Kier molecular flexibility index (Phi) is 80.6. The average Bonchev–Trinajstić information content (AvgIpc) is 1.41. The van der Waals surface area contributed by atoms with Crippen molar-refractivity contribution in [3.05, 3.63) is 0 Å². The van der Waals surface area contributed by atoms with E-state index in [-0.39, 0.29) is 60.2 Å². The molecule has 0 aromatic heterocycles. The molecule has 0 aliphatic carbocycles. The van der Waals surface area contributed by atoms with Crippen molar-refractivity contribution in [1.29, 1.82) is 0 Å². The van der Waals surface area contributed by atoms with E-state index >= 15 is 0 Å². The van der Waals surface area contributed by atoms with Gasteiger partial charge < -0.3 is 32.9 Å². The van der Waals surface area contributed by atoms with Crippen LogP contribution in [0.4, 0.5) is 0 Å². The van der Waals surface area contributed by atoms with Gasteiger partial charge in [-0.15, -0.1) is 30.7 Å². The standard InChI is InChI=1S/3ClHO4.6H2O.Tl/c3*2-1(3,4)5;;;;;;;/h3*(H,2,3,4,5);6*1H2;/q;;;;;;;;;+3/p-3. The van der Waals surface area contributed by atoms with Crippen LogP contribution in [0.15, 0.2) is 0 Å². The summed E-state index contributed by atoms with van der Waals surface area (Å²) in [6.07, 6.45) is 0. The van der Waals surface area contributed by atoms with Gasteiger partial charge in [-0.2, -0.15) is 0 Å². The van der Waals surface area contributed by atoms with E-state index in [4.69, 9.17) is 55.9 Å². The van der Waals surface area contributed by atoms with Gasteiger partial charge in [0, 0.05) is 0 Å². The van der Waals surface area contributed by atoms with E-state index in [0.717, 1.165) is 0 Å². The molecule has 0 rings (SSSR count). The molecule has 0 aromatic rings. The van der Waals surface area contributed by atoms with Gasteiger partial charge in [0.15, 0.2) is 0 Å². The van der Waals surface area contributed by atoms with Gasteiger partial charge in [0.25, 0.3) is 0 Å². The van der Waals surface area contributed by atoms with Gasteiger partial charge in [0.05, 0.1) is 0 Å². The predicted molar refractivity (Wildman–Crippen MR) is 27.4 cm³/mol. The minimum Gasteiger partial charge on any atom is -0.412 e. The molecule has 0 heterocycles. The quantitative estimate of drug-likeness (QED) is 0.231. The second-order valence-corrected chi connectivity index (χ2v) is 3.40. The molecule has 0 spiro atoms. The van der Waals surface area contributed by atoms with Crippen LogP contribution >= 0.6 is 0 Å². The number of hydrogen-bond acceptors (Lipinski definition) is 12. The molecule has 0 amide bonds. The van der Waals surface area contributed by atoms with Gasteiger partial charge in [-0.25, -0.2) is 55.9 Å². The fourth-order valence-electron chi connectivity index (χ4n) is 0. The Bertz CT molecular complexity index is 93.4. The zero-order valence-electron chi connectivity index (χ0n) is 9.61. The first kappa shape index (κ1) is 65.8. The maximum absolute atomic E-state index is 8.49. The van der Waals surface area contributed by atoms with Crippen LogP contribution in [-0.2, 0) is 0 Å². The molecule has 0 aliphatic rings. The molecule has 18 nitrogen and oxygen atoms in total. The first-order chi connectivity index (χ1) is 6.00. The maximum atomic E-state index is 8.49. The van der Waals surface area contributed by atoms with Crippen molar-refractivity contribution >= 4 is 27.3 Å². The molecule has 0 bridgehead atoms. The van der Waals surface area contributed by atoms with Crippen LogP contribution in [0.2, 0.25) is 0 Å². The van der Waals surface area contributed by atoms with Crippen LogP contribution in [0.25, 0.3) is 0 Å². The summed E-state index contributed by atoms with van der Waals surface area (Å²) in [4.78, 5) is 0. The van der Waals surface area contributed by atoms with Gasteiger partial charge in [-0.3, -0.25) is 0 Å². The van der Waals surface area contributed by atoms with Crippen LogP contribution in [-0.4, -0.2) is 60.2 Å². The van der Waals surface area contributed by atoms with Gasteiger partial charge in [-0.1, -0.05) is 0 Å². The minimum atomic E-state index is -4.94. The van der Waals surface area contributed by atoms with Crippen LogP contribution in [0, 0.1) is 30.7 Å². The summed E-state index contributed by atoms with van der Waals surface area (Å²) in [5.74, 6) is 0. The Morgan fingerprint density at radius 1 is 0.273 bits per heavy atom. The summed E-state index contributed by atoms with van der Waals surface area (Å²) in [6, 6.07) is 0. The minimum absolute atomic E-state index is 0. The molecule has 0 aromatic carbocycles. The Hall–Kier alpha value is 1.07. The van der Waals surface area contributed by atoms with E-state index in [1.165, 1.54) is 0 Å². The Morgan fingerprint density at radius 2 is 0.273 bits per heavy atom. The molecule has 12 N–H and O–H groups in total. The van der Waals surface area contributed by atoms with E-state index in [0.29, 0.717) is 0 Å². The fourth-order valence-corrected chi connectivity index (χ4v) is 0. The van der Waals surface area contributed by atoms with Gasteiger partial charge >= 0.3 is 27.3 Å². The number of rotatable bonds is 0. The summed E-state index contributed by atoms with van der Waals surface area (Å²) in [6.45, 7) is 0. The van der Waals surface area contributed by atoms with Crippen molar-refractivity contribution in [2.75, 3.05) is 0 Å². The van der Waals surface area contributed by atoms with E-state index in [1.54, 1.807) is 0 Å². The normalized spacial score (nSPS) is 8.18. The number of hydrogen-bond donors (Lipinski definition) is 0. The van der Waals surface area contributed by atoms with Crippen LogP contribution in [0.3, 0.4) is 0 Å². The molecule has 0 unspecified atom stereocenters. The monoisotopic (exact) mass is 610 g/mol. The maximum Gasteiger partial charge on any atom is 3.00 e. The van der Waals surface area contributed by atoms with E-state index < -0.39 is 30.7 Å². The molecule has 0 atom stereocenters. The topological polar surface area (TPSA) is 466 Å². The molecule has 0 radical (unpaired) electrons. The summed E-state index contributed by atoms with van der Waals surface area (Å²) >= 11 is 0. The van der Waals surface area contributed by atoms with Crippen molar-refractivity contribution < 1.29 is 119 Å². The van der Waals surface area contributed by atoms with E-state index in [2.05, 4.69) is 0 Å². The Morgan fingerprint density at radius 3 is 0.273 bits per heavy atom. The van der Waals surface area contributed by atoms with Crippen LogP contribution in [0.5, 0.6) is 0 Å². The Labute approximate surface area is 146 Å². The van der Waals surface area contributed by atoms with Crippen molar-refractivity contribution in [2.24, 2.45) is 0 Å². The van der Waals surface area contributed by atoms with Crippen LogP contribution in [0.1, 0.15) is 0 Å². The summed E-state index contributed by atoms with van der Waals surface area (Å²) in [5.41, 5.74) is 0.